The van der Waals surface area contributed by atoms with Gasteiger partial charge in [0.05, 0.1) is 18.7 Å². The lowest BCUT2D eigenvalue weighted by Crippen LogP contribution is -2.74. The summed E-state index contributed by atoms with van der Waals surface area (Å²) in [6.45, 7) is 0.513. The number of carbonyl (C=O) groups is 2. The highest BCUT2D eigenvalue weighted by Gasteiger charge is 2.54. The fourth-order valence-electron chi connectivity index (χ4n) is 5.75. The summed E-state index contributed by atoms with van der Waals surface area (Å²) in [7, 11) is 0. The number of fused-ring (bicyclic) bond motifs is 1. The maximum Gasteiger partial charge on any atom is 0.318 e. The van der Waals surface area contributed by atoms with Crippen LogP contribution in [0.15, 0.2) is 54.6 Å². The second kappa shape index (κ2) is 10.0. The van der Waals surface area contributed by atoms with E-state index in [1.54, 1.807) is 9.80 Å². The lowest BCUT2D eigenvalue weighted by Gasteiger charge is -2.58. The number of urea groups is 1. The third-order valence-corrected chi connectivity index (χ3v) is 7.56. The number of aliphatic hydroxyl groups excluding tert-OH is 1. The number of carbonyl (C=O) groups excluding carboxylic acids is 2. The Hall–Kier alpha value is -3.12. The quantitative estimate of drug-likeness (QED) is 0.667. The number of rotatable bonds is 5. The van der Waals surface area contributed by atoms with Crippen molar-refractivity contribution in [2.45, 2.75) is 56.1 Å². The van der Waals surface area contributed by atoms with Crippen LogP contribution in [-0.2, 0) is 4.79 Å². The molecule has 178 valence electrons. The van der Waals surface area contributed by atoms with E-state index in [2.05, 4.69) is 53.9 Å². The monoisotopic (exact) mass is 459 g/mol. The molecule has 0 aromatic heterocycles. The first kappa shape index (κ1) is 22.7. The van der Waals surface area contributed by atoms with E-state index in [-0.39, 0.29) is 49.1 Å². The van der Waals surface area contributed by atoms with Gasteiger partial charge in [-0.15, -0.1) is 0 Å². The summed E-state index contributed by atoms with van der Waals surface area (Å²) in [5.41, 5.74) is 3.34. The molecule has 6 heteroatoms. The molecular formula is C28H33N3O3. The highest BCUT2D eigenvalue weighted by molar-refractivity contribution is 5.87. The van der Waals surface area contributed by atoms with Gasteiger partial charge in [-0.05, 0) is 29.5 Å². The standard InChI is InChI=1S/C28H33N3O3/c32-19-25-27(22-15-13-21(14-16-22)12-11-20-7-3-1-4-8-20)24-17-30(18-26(33)31(24)25)28(34)29-23-9-5-2-6-10-23/h1,3-4,7-8,11-16,23-25,27,32H,2,5-6,9-10,17-19H2,(H,29,34)/b12-11+/t24-,25+,27+/m0/s1. The number of hydrogen-bond acceptors (Lipinski definition) is 3. The zero-order valence-electron chi connectivity index (χ0n) is 19.5. The molecule has 0 bridgehead atoms. The minimum atomic E-state index is -0.230. The minimum Gasteiger partial charge on any atom is -0.394 e. The molecular weight excluding hydrogens is 426 g/mol. The van der Waals surface area contributed by atoms with E-state index in [1.165, 1.54) is 6.42 Å². The van der Waals surface area contributed by atoms with Gasteiger partial charge < -0.3 is 20.2 Å². The van der Waals surface area contributed by atoms with E-state index in [0.717, 1.165) is 42.4 Å². The summed E-state index contributed by atoms with van der Waals surface area (Å²) >= 11 is 0. The Kier molecular flexibility index (Phi) is 6.68. The fraction of sp³-hybridized carbons (Fsp3) is 0.429. The van der Waals surface area contributed by atoms with Crippen LogP contribution in [0.4, 0.5) is 4.79 Å². The molecule has 3 aliphatic rings. The molecule has 3 amide bonds. The Morgan fingerprint density at radius 1 is 0.971 bits per heavy atom. The summed E-state index contributed by atoms with van der Waals surface area (Å²) < 4.78 is 0. The van der Waals surface area contributed by atoms with Crippen molar-refractivity contribution >= 4 is 24.1 Å². The molecule has 2 aromatic carbocycles. The van der Waals surface area contributed by atoms with E-state index >= 15 is 0 Å². The van der Waals surface area contributed by atoms with Crippen molar-refractivity contribution in [2.75, 3.05) is 19.7 Å². The number of nitrogens with one attached hydrogen (secondary N) is 1. The van der Waals surface area contributed by atoms with Crippen molar-refractivity contribution in [3.8, 4) is 0 Å². The van der Waals surface area contributed by atoms with Crippen molar-refractivity contribution in [1.82, 2.24) is 15.1 Å². The van der Waals surface area contributed by atoms with Gasteiger partial charge in [-0.2, -0.15) is 0 Å². The molecule has 6 nitrogen and oxygen atoms in total. The van der Waals surface area contributed by atoms with Gasteiger partial charge in [-0.1, -0.05) is 86.0 Å². The molecule has 5 rings (SSSR count). The van der Waals surface area contributed by atoms with Crippen LogP contribution < -0.4 is 5.32 Å². The molecule has 2 aliphatic heterocycles. The highest BCUT2D eigenvalue weighted by Crippen LogP contribution is 2.43. The summed E-state index contributed by atoms with van der Waals surface area (Å²) in [6, 6.07) is 18.2. The molecule has 2 saturated heterocycles. The fourth-order valence-corrected chi connectivity index (χ4v) is 5.75. The van der Waals surface area contributed by atoms with Crippen molar-refractivity contribution in [3.63, 3.8) is 0 Å². The van der Waals surface area contributed by atoms with Crippen molar-refractivity contribution < 1.29 is 14.7 Å². The van der Waals surface area contributed by atoms with Gasteiger partial charge in [0.25, 0.3) is 0 Å². The molecule has 0 spiro atoms. The second-order valence-corrected chi connectivity index (χ2v) is 9.72. The van der Waals surface area contributed by atoms with E-state index in [0.29, 0.717) is 6.54 Å². The normalized spacial score (nSPS) is 25.2. The van der Waals surface area contributed by atoms with E-state index < -0.39 is 0 Å². The lowest BCUT2D eigenvalue weighted by atomic mass is 9.73. The van der Waals surface area contributed by atoms with E-state index in [1.807, 2.05) is 18.2 Å². The van der Waals surface area contributed by atoms with Crippen molar-refractivity contribution in [1.29, 1.82) is 0 Å². The average molecular weight is 460 g/mol. The Labute approximate surface area is 201 Å². The Bertz CT molecular complexity index is 1030. The van der Waals surface area contributed by atoms with Crippen LogP contribution in [0, 0.1) is 0 Å². The van der Waals surface area contributed by atoms with Gasteiger partial charge in [0.15, 0.2) is 0 Å². The van der Waals surface area contributed by atoms with E-state index in [4.69, 9.17) is 0 Å². The molecule has 2 aromatic rings. The van der Waals surface area contributed by atoms with Crippen molar-refractivity contribution in [3.05, 3.63) is 71.3 Å². The summed E-state index contributed by atoms with van der Waals surface area (Å²) in [5.74, 6) is -0.0563. The van der Waals surface area contributed by atoms with Gasteiger partial charge in [-0.3, -0.25) is 4.79 Å². The third-order valence-electron chi connectivity index (χ3n) is 7.56. The van der Waals surface area contributed by atoms with Crippen LogP contribution in [0.5, 0.6) is 0 Å². The summed E-state index contributed by atoms with van der Waals surface area (Å²) in [4.78, 5) is 29.2. The molecule has 1 saturated carbocycles. The summed E-state index contributed by atoms with van der Waals surface area (Å²) in [5, 5.41) is 13.2. The van der Waals surface area contributed by atoms with Gasteiger partial charge in [-0.25, -0.2) is 4.79 Å². The maximum atomic E-state index is 12.9. The smallest absolute Gasteiger partial charge is 0.318 e. The minimum absolute atomic E-state index is 0.0198. The lowest BCUT2D eigenvalue weighted by molar-refractivity contribution is -0.159. The first-order valence-corrected chi connectivity index (χ1v) is 12.4. The Morgan fingerprint density at radius 3 is 2.32 bits per heavy atom. The van der Waals surface area contributed by atoms with Crippen LogP contribution in [0.25, 0.3) is 12.2 Å². The molecule has 34 heavy (non-hydrogen) atoms. The predicted octanol–water partition coefficient (Wildman–Crippen LogP) is 3.87. The first-order valence-electron chi connectivity index (χ1n) is 12.4. The van der Waals surface area contributed by atoms with E-state index in [9.17, 15) is 14.7 Å². The van der Waals surface area contributed by atoms with Crippen LogP contribution in [-0.4, -0.2) is 64.7 Å². The van der Waals surface area contributed by atoms with Crippen LogP contribution in [0.1, 0.15) is 54.7 Å². The average Bonchev–Trinajstić information content (AvgIpc) is 2.86. The molecule has 0 unspecified atom stereocenters. The van der Waals surface area contributed by atoms with Gasteiger partial charge in [0, 0.05) is 18.5 Å². The summed E-state index contributed by atoms with van der Waals surface area (Å²) in [6.07, 6.45) is 9.73. The zero-order chi connectivity index (χ0) is 23.5. The number of piperazine rings is 1. The number of aliphatic hydroxyl groups is 1. The second-order valence-electron chi connectivity index (χ2n) is 9.72. The Balaban J connectivity index is 1.27. The number of amides is 3. The molecule has 2 N–H and O–H groups in total. The maximum absolute atomic E-state index is 12.9. The third kappa shape index (κ3) is 4.60. The number of benzene rings is 2. The van der Waals surface area contributed by atoms with Crippen LogP contribution in [0.2, 0.25) is 0 Å². The highest BCUT2D eigenvalue weighted by atomic mass is 16.3. The molecule has 3 fully saturated rings. The topological polar surface area (TPSA) is 72.9 Å². The molecule has 2 heterocycles. The zero-order valence-corrected chi connectivity index (χ0v) is 19.5. The van der Waals surface area contributed by atoms with Gasteiger partial charge >= 0.3 is 6.03 Å². The number of hydrogen-bond donors (Lipinski definition) is 2. The van der Waals surface area contributed by atoms with Gasteiger partial charge in [0.1, 0.15) is 6.54 Å². The molecule has 3 atom stereocenters. The van der Waals surface area contributed by atoms with Crippen LogP contribution in [0.3, 0.4) is 0 Å². The molecule has 0 radical (unpaired) electrons. The molecule has 1 aliphatic carbocycles. The number of nitrogens with zero attached hydrogens (tertiary/aromatic N) is 2. The largest absolute Gasteiger partial charge is 0.394 e. The van der Waals surface area contributed by atoms with Crippen molar-refractivity contribution in [2.24, 2.45) is 0 Å². The SMILES string of the molecule is O=C(NC1CCCCC1)N1CC(=O)N2[C@H](CO)[C@H](c3ccc(/C=C/c4ccccc4)cc3)[C@@H]2C1. The first-order chi connectivity index (χ1) is 16.6. The van der Waals surface area contributed by atoms with Crippen LogP contribution >= 0.6 is 0 Å². The Morgan fingerprint density at radius 2 is 1.65 bits per heavy atom. The predicted molar refractivity (Wildman–Crippen MR) is 133 cm³/mol. The van der Waals surface area contributed by atoms with Gasteiger partial charge in [0.2, 0.25) is 5.91 Å².